The molecule has 1 fully saturated rings. The Hall–Kier alpha value is -2.37. The van der Waals surface area contributed by atoms with Crippen molar-refractivity contribution < 1.29 is 9.50 Å². The number of hydrogen-bond donors (Lipinski definition) is 1. The Morgan fingerprint density at radius 1 is 1.16 bits per heavy atom. The number of rotatable bonds is 4. The molecule has 5 heteroatoms. The maximum Gasteiger partial charge on any atom is 0.123 e. The SMILES string of the molecule is Cc1ccc(CC(O)C2CCCC3=Cc4c(cnn4-c4ccc(F)cc4)CC32C)cc1.S. The average Bonchev–Trinajstić information content (AvgIpc) is 3.15. The molecule has 0 aliphatic heterocycles. The summed E-state index contributed by atoms with van der Waals surface area (Å²) in [4.78, 5) is 0. The molecule has 0 spiro atoms. The van der Waals surface area contributed by atoms with Crippen molar-refractivity contribution in [3.05, 3.63) is 88.5 Å². The minimum Gasteiger partial charge on any atom is -0.392 e. The van der Waals surface area contributed by atoms with Crippen molar-refractivity contribution in [1.29, 1.82) is 0 Å². The predicted molar refractivity (Wildman–Crippen MR) is 132 cm³/mol. The summed E-state index contributed by atoms with van der Waals surface area (Å²) in [6.45, 7) is 4.41. The standard InChI is InChI=1S/C27H29FN2O.H2S/c1-18-6-8-19(9-7-18)14-26(31)24-5-3-4-21-15-25-20(16-27(21,24)2)17-29-30(25)23-12-10-22(28)11-13-23;/h6-13,15,17,24,26,31H,3-5,14,16H2,1-2H3;1H2. The third-order valence-corrected chi connectivity index (χ3v) is 7.37. The summed E-state index contributed by atoms with van der Waals surface area (Å²) in [7, 11) is 0. The highest BCUT2D eigenvalue weighted by Crippen LogP contribution is 2.52. The highest BCUT2D eigenvalue weighted by molar-refractivity contribution is 7.59. The first kappa shape index (κ1) is 22.8. The van der Waals surface area contributed by atoms with Crippen LogP contribution in [0, 0.1) is 24.1 Å². The maximum atomic E-state index is 13.4. The molecule has 3 nitrogen and oxygen atoms in total. The molecule has 1 heterocycles. The Morgan fingerprint density at radius 3 is 2.59 bits per heavy atom. The number of allylic oxidation sites excluding steroid dienone is 1. The zero-order valence-corrected chi connectivity index (χ0v) is 19.7. The van der Waals surface area contributed by atoms with Crippen molar-refractivity contribution in [3.8, 4) is 5.69 Å². The van der Waals surface area contributed by atoms with E-state index in [-0.39, 0.29) is 36.7 Å². The van der Waals surface area contributed by atoms with Crippen LogP contribution in [0.3, 0.4) is 0 Å². The molecule has 2 aliphatic carbocycles. The molecule has 3 unspecified atom stereocenters. The molecule has 0 saturated heterocycles. The zero-order valence-electron chi connectivity index (χ0n) is 18.7. The van der Waals surface area contributed by atoms with Gasteiger partial charge in [0, 0.05) is 0 Å². The van der Waals surface area contributed by atoms with Gasteiger partial charge in [-0.2, -0.15) is 18.6 Å². The number of aliphatic hydroxyl groups is 1. The molecule has 2 aliphatic rings. The number of hydrogen-bond acceptors (Lipinski definition) is 2. The molecule has 5 rings (SSSR count). The molecule has 0 bridgehead atoms. The fourth-order valence-corrected chi connectivity index (χ4v) is 5.59. The third-order valence-electron chi connectivity index (χ3n) is 7.37. The topological polar surface area (TPSA) is 38.1 Å². The highest BCUT2D eigenvalue weighted by Gasteiger charge is 2.46. The first-order valence-corrected chi connectivity index (χ1v) is 11.2. The molecule has 3 aromatic rings. The molecule has 1 saturated carbocycles. The minimum atomic E-state index is -0.370. The molecule has 168 valence electrons. The van der Waals surface area contributed by atoms with Crippen LogP contribution in [0.4, 0.5) is 4.39 Å². The van der Waals surface area contributed by atoms with Crippen molar-refractivity contribution in [2.24, 2.45) is 11.3 Å². The molecule has 2 aromatic carbocycles. The van der Waals surface area contributed by atoms with E-state index in [4.69, 9.17) is 0 Å². The van der Waals surface area contributed by atoms with Gasteiger partial charge in [-0.15, -0.1) is 0 Å². The van der Waals surface area contributed by atoms with Crippen LogP contribution in [-0.2, 0) is 12.8 Å². The minimum absolute atomic E-state index is 0. The van der Waals surface area contributed by atoms with E-state index in [1.807, 2.05) is 10.9 Å². The summed E-state index contributed by atoms with van der Waals surface area (Å²) in [5.74, 6) is -0.0236. The van der Waals surface area contributed by atoms with Crippen LogP contribution >= 0.6 is 13.5 Å². The van der Waals surface area contributed by atoms with E-state index in [9.17, 15) is 9.50 Å². The Morgan fingerprint density at radius 2 is 1.88 bits per heavy atom. The number of fused-ring (bicyclic) bond motifs is 2. The first-order valence-electron chi connectivity index (χ1n) is 11.2. The molecule has 1 N–H and O–H groups in total. The summed E-state index contributed by atoms with van der Waals surface area (Å²) < 4.78 is 15.3. The zero-order chi connectivity index (χ0) is 21.6. The van der Waals surface area contributed by atoms with Crippen molar-refractivity contribution in [2.45, 2.75) is 52.1 Å². The quantitative estimate of drug-likeness (QED) is 0.547. The maximum absolute atomic E-state index is 13.4. The molecular formula is C27H31FN2OS. The monoisotopic (exact) mass is 450 g/mol. The van der Waals surface area contributed by atoms with Gasteiger partial charge >= 0.3 is 0 Å². The molecular weight excluding hydrogens is 419 g/mol. The van der Waals surface area contributed by atoms with Gasteiger partial charge in [-0.1, -0.05) is 42.3 Å². The van der Waals surface area contributed by atoms with Gasteiger partial charge in [0.15, 0.2) is 0 Å². The fraction of sp³-hybridized carbons (Fsp3) is 0.370. The average molecular weight is 451 g/mol. The number of benzene rings is 2. The lowest BCUT2D eigenvalue weighted by Gasteiger charge is -2.47. The second-order valence-electron chi connectivity index (χ2n) is 9.46. The van der Waals surface area contributed by atoms with Crippen molar-refractivity contribution in [3.63, 3.8) is 0 Å². The Labute approximate surface area is 196 Å². The van der Waals surface area contributed by atoms with Gasteiger partial charge in [0.25, 0.3) is 0 Å². The number of aromatic nitrogens is 2. The smallest absolute Gasteiger partial charge is 0.123 e. The van der Waals surface area contributed by atoms with Crippen LogP contribution in [0.25, 0.3) is 11.8 Å². The van der Waals surface area contributed by atoms with E-state index in [0.29, 0.717) is 6.42 Å². The van der Waals surface area contributed by atoms with E-state index in [1.165, 1.54) is 34.4 Å². The van der Waals surface area contributed by atoms with Crippen molar-refractivity contribution in [1.82, 2.24) is 9.78 Å². The molecule has 0 radical (unpaired) electrons. The van der Waals surface area contributed by atoms with Gasteiger partial charge in [0.05, 0.1) is 23.7 Å². The normalized spacial score (nSPS) is 22.9. The van der Waals surface area contributed by atoms with Crippen LogP contribution in [0.5, 0.6) is 0 Å². The van der Waals surface area contributed by atoms with E-state index in [0.717, 1.165) is 37.1 Å². The third kappa shape index (κ3) is 4.04. The summed E-state index contributed by atoms with van der Waals surface area (Å²) in [5, 5.41) is 15.9. The van der Waals surface area contributed by atoms with Crippen LogP contribution in [0.1, 0.15) is 48.6 Å². The van der Waals surface area contributed by atoms with Gasteiger partial charge < -0.3 is 5.11 Å². The lowest BCUT2D eigenvalue weighted by Crippen LogP contribution is -2.43. The lowest BCUT2D eigenvalue weighted by molar-refractivity contribution is 0.0234. The van der Waals surface area contributed by atoms with Crippen molar-refractivity contribution >= 4 is 19.6 Å². The fourth-order valence-electron chi connectivity index (χ4n) is 5.59. The number of aliphatic hydroxyl groups excluding tert-OH is 1. The largest absolute Gasteiger partial charge is 0.392 e. The van der Waals surface area contributed by atoms with E-state index >= 15 is 0 Å². The summed E-state index contributed by atoms with van der Waals surface area (Å²) in [6, 6.07) is 15.0. The number of halogens is 1. The van der Waals surface area contributed by atoms with Gasteiger partial charge in [-0.05, 0) is 91.8 Å². The Bertz CT molecular complexity index is 1120. The second kappa shape index (κ2) is 8.87. The van der Waals surface area contributed by atoms with E-state index in [1.54, 1.807) is 12.1 Å². The van der Waals surface area contributed by atoms with Gasteiger partial charge in [-0.25, -0.2) is 9.07 Å². The summed E-state index contributed by atoms with van der Waals surface area (Å²) >= 11 is 0. The summed E-state index contributed by atoms with van der Waals surface area (Å²) in [6.07, 6.45) is 8.61. The van der Waals surface area contributed by atoms with Gasteiger partial charge in [0.1, 0.15) is 5.82 Å². The van der Waals surface area contributed by atoms with Crippen LogP contribution in [0.15, 0.2) is 60.3 Å². The highest BCUT2D eigenvalue weighted by atomic mass is 32.1. The van der Waals surface area contributed by atoms with Gasteiger partial charge in [-0.3, -0.25) is 0 Å². The molecule has 3 atom stereocenters. The van der Waals surface area contributed by atoms with Crippen LogP contribution < -0.4 is 0 Å². The summed E-state index contributed by atoms with van der Waals surface area (Å²) in [5.41, 5.74) is 6.94. The van der Waals surface area contributed by atoms with E-state index in [2.05, 4.69) is 49.3 Å². The Kier molecular flexibility index (Phi) is 6.33. The molecule has 1 aromatic heterocycles. The molecule has 32 heavy (non-hydrogen) atoms. The van der Waals surface area contributed by atoms with Crippen molar-refractivity contribution in [2.75, 3.05) is 0 Å². The number of nitrogens with zero attached hydrogens (tertiary/aromatic N) is 2. The van der Waals surface area contributed by atoms with Crippen LogP contribution in [-0.4, -0.2) is 21.0 Å². The predicted octanol–water partition coefficient (Wildman–Crippen LogP) is 5.78. The lowest BCUT2D eigenvalue weighted by atomic mass is 9.58. The Balaban J connectivity index is 0.00000245. The van der Waals surface area contributed by atoms with E-state index < -0.39 is 0 Å². The second-order valence-corrected chi connectivity index (χ2v) is 9.46. The van der Waals surface area contributed by atoms with Gasteiger partial charge in [0.2, 0.25) is 0 Å². The molecule has 0 amide bonds. The number of aryl methyl sites for hydroxylation is 1. The van der Waals surface area contributed by atoms with Crippen LogP contribution in [0.2, 0.25) is 0 Å². The first-order chi connectivity index (χ1) is 14.9.